The maximum Gasteiger partial charge on any atom is 0.131 e. The maximum absolute atomic E-state index is 10.2. The molecule has 5 heteroatoms. The molecule has 0 aliphatic heterocycles. The molecule has 1 aliphatic carbocycles. The fraction of sp³-hybridized carbons (Fsp3) is 0.241. The highest BCUT2D eigenvalue weighted by Gasteiger charge is 2.26. The number of benzene rings is 2. The standard InChI is InChI=1S/C29H28N4O/c1-17(20-7-5-4-6-8-20)22-11-23-12-24(27(18(2)30)19(3)34)14-31-28(23)26(13-22)25-15-32-29(33-16-25)21-9-10-21/h4-8,11-17,21,30,34H,9-10H2,1-3H3/b27-19+,30-18?. The molecule has 1 atom stereocenters. The third kappa shape index (κ3) is 4.21. The first-order valence-electron chi connectivity index (χ1n) is 11.7. The summed E-state index contributed by atoms with van der Waals surface area (Å²) in [5, 5.41) is 19.3. The zero-order valence-electron chi connectivity index (χ0n) is 19.7. The SMILES string of the molecule is CC(=N)/C(=C(/C)O)c1cnc2c(-c3cnc(C4CC4)nc3)cc(C(C)c3ccccc3)cc2c1. The van der Waals surface area contributed by atoms with E-state index in [4.69, 9.17) is 10.4 Å². The van der Waals surface area contributed by atoms with E-state index in [1.54, 1.807) is 20.0 Å². The third-order valence-electron chi connectivity index (χ3n) is 6.56. The van der Waals surface area contributed by atoms with E-state index >= 15 is 0 Å². The van der Waals surface area contributed by atoms with Crippen LogP contribution in [0.25, 0.3) is 27.6 Å². The summed E-state index contributed by atoms with van der Waals surface area (Å²) in [6, 6.07) is 16.8. The fourth-order valence-corrected chi connectivity index (χ4v) is 4.54. The van der Waals surface area contributed by atoms with Crippen LogP contribution in [0.3, 0.4) is 0 Å². The predicted octanol–water partition coefficient (Wildman–Crippen LogP) is 7.05. The molecule has 2 heterocycles. The first kappa shape index (κ1) is 22.0. The summed E-state index contributed by atoms with van der Waals surface area (Å²) in [5.74, 6) is 1.73. The van der Waals surface area contributed by atoms with Crippen LogP contribution >= 0.6 is 0 Å². The highest BCUT2D eigenvalue weighted by Crippen LogP contribution is 2.39. The molecule has 2 N–H and O–H groups in total. The quantitative estimate of drug-likeness (QED) is 0.244. The van der Waals surface area contributed by atoms with Crippen LogP contribution in [0.2, 0.25) is 0 Å². The highest BCUT2D eigenvalue weighted by molar-refractivity contribution is 6.22. The van der Waals surface area contributed by atoms with E-state index in [9.17, 15) is 5.11 Å². The topological polar surface area (TPSA) is 82.8 Å². The number of hydrogen-bond donors (Lipinski definition) is 2. The minimum Gasteiger partial charge on any atom is -0.512 e. The number of rotatable bonds is 6. The Morgan fingerprint density at radius 3 is 2.26 bits per heavy atom. The number of fused-ring (bicyclic) bond motifs is 1. The van der Waals surface area contributed by atoms with Crippen LogP contribution < -0.4 is 0 Å². The van der Waals surface area contributed by atoms with Gasteiger partial charge in [-0.1, -0.05) is 37.3 Å². The molecule has 1 fully saturated rings. The summed E-state index contributed by atoms with van der Waals surface area (Å²) in [7, 11) is 0. The Morgan fingerprint density at radius 2 is 1.65 bits per heavy atom. The number of nitrogens with one attached hydrogen (secondary N) is 1. The first-order valence-corrected chi connectivity index (χ1v) is 11.7. The number of aliphatic hydroxyl groups excluding tert-OH is 1. The van der Waals surface area contributed by atoms with Crippen molar-refractivity contribution < 1.29 is 5.11 Å². The van der Waals surface area contributed by atoms with E-state index in [2.05, 4.69) is 53.3 Å². The van der Waals surface area contributed by atoms with Crippen LogP contribution in [0, 0.1) is 5.41 Å². The van der Waals surface area contributed by atoms with Gasteiger partial charge in [0.1, 0.15) is 5.82 Å². The first-order chi connectivity index (χ1) is 16.4. The van der Waals surface area contributed by atoms with Crippen LogP contribution in [0.15, 0.2) is 72.9 Å². The van der Waals surface area contributed by atoms with Crippen LogP contribution in [-0.2, 0) is 0 Å². The molecular weight excluding hydrogens is 420 g/mol. The van der Waals surface area contributed by atoms with E-state index in [0.29, 0.717) is 17.2 Å². The average molecular weight is 449 g/mol. The van der Waals surface area contributed by atoms with Gasteiger partial charge in [-0.05, 0) is 56.0 Å². The molecule has 0 spiro atoms. The van der Waals surface area contributed by atoms with E-state index in [-0.39, 0.29) is 11.7 Å². The molecule has 1 saturated carbocycles. The Morgan fingerprint density at radius 1 is 0.941 bits per heavy atom. The largest absolute Gasteiger partial charge is 0.512 e. The second kappa shape index (κ2) is 8.82. The van der Waals surface area contributed by atoms with Gasteiger partial charge < -0.3 is 10.5 Å². The van der Waals surface area contributed by atoms with Gasteiger partial charge in [0.05, 0.1) is 11.3 Å². The Bertz CT molecular complexity index is 1400. The maximum atomic E-state index is 10.2. The number of aromatic nitrogens is 3. The second-order valence-electron chi connectivity index (χ2n) is 9.19. The van der Waals surface area contributed by atoms with E-state index in [1.165, 1.54) is 18.4 Å². The molecule has 1 aliphatic rings. The molecule has 2 aromatic heterocycles. The monoisotopic (exact) mass is 448 g/mol. The highest BCUT2D eigenvalue weighted by atomic mass is 16.3. The Kier molecular flexibility index (Phi) is 5.70. The van der Waals surface area contributed by atoms with Crippen molar-refractivity contribution in [1.29, 1.82) is 5.41 Å². The number of pyridine rings is 1. The molecule has 4 aromatic rings. The van der Waals surface area contributed by atoms with Crippen LogP contribution in [0.5, 0.6) is 0 Å². The summed E-state index contributed by atoms with van der Waals surface area (Å²) in [4.78, 5) is 14.1. The van der Waals surface area contributed by atoms with Crippen molar-refractivity contribution in [2.45, 2.75) is 45.4 Å². The Hall–Kier alpha value is -3.86. The molecule has 1 unspecified atom stereocenters. The van der Waals surface area contributed by atoms with Gasteiger partial charge in [0.15, 0.2) is 0 Å². The minimum atomic E-state index is 0.117. The molecule has 2 aromatic carbocycles. The number of aliphatic hydroxyl groups is 1. The Balaban J connectivity index is 1.70. The predicted molar refractivity (Wildman–Crippen MR) is 137 cm³/mol. The molecule has 170 valence electrons. The molecule has 0 bridgehead atoms. The molecule has 0 saturated heterocycles. The lowest BCUT2D eigenvalue weighted by atomic mass is 9.89. The van der Waals surface area contributed by atoms with Crippen LogP contribution in [0.1, 0.15) is 68.0 Å². The summed E-state index contributed by atoms with van der Waals surface area (Å²) < 4.78 is 0. The summed E-state index contributed by atoms with van der Waals surface area (Å²) >= 11 is 0. The molecule has 34 heavy (non-hydrogen) atoms. The van der Waals surface area contributed by atoms with Crippen molar-refractivity contribution in [3.8, 4) is 11.1 Å². The van der Waals surface area contributed by atoms with E-state index in [0.717, 1.165) is 39.0 Å². The van der Waals surface area contributed by atoms with Crippen molar-refractivity contribution in [1.82, 2.24) is 15.0 Å². The van der Waals surface area contributed by atoms with Gasteiger partial charge in [0, 0.05) is 63.8 Å². The van der Waals surface area contributed by atoms with E-state index in [1.807, 2.05) is 24.5 Å². The van der Waals surface area contributed by atoms with Crippen molar-refractivity contribution >= 4 is 22.2 Å². The smallest absolute Gasteiger partial charge is 0.131 e. The minimum absolute atomic E-state index is 0.117. The van der Waals surface area contributed by atoms with Crippen molar-refractivity contribution in [2.24, 2.45) is 0 Å². The van der Waals surface area contributed by atoms with E-state index < -0.39 is 0 Å². The van der Waals surface area contributed by atoms with Crippen molar-refractivity contribution in [2.75, 3.05) is 0 Å². The zero-order valence-corrected chi connectivity index (χ0v) is 19.7. The molecule has 0 radical (unpaired) electrons. The van der Waals surface area contributed by atoms with Gasteiger partial charge >= 0.3 is 0 Å². The lowest BCUT2D eigenvalue weighted by Gasteiger charge is -2.17. The average Bonchev–Trinajstić information content (AvgIpc) is 3.68. The van der Waals surface area contributed by atoms with Gasteiger partial charge in [-0.25, -0.2) is 9.97 Å². The molecule has 0 amide bonds. The summed E-state index contributed by atoms with van der Waals surface area (Å²) in [6.07, 6.45) is 7.89. The number of allylic oxidation sites excluding steroid dienone is 2. The van der Waals surface area contributed by atoms with Gasteiger partial charge in [-0.3, -0.25) is 4.98 Å². The lowest BCUT2D eigenvalue weighted by Crippen LogP contribution is -2.02. The summed E-state index contributed by atoms with van der Waals surface area (Å²) in [6.45, 7) is 5.49. The van der Waals surface area contributed by atoms with Gasteiger partial charge in [-0.2, -0.15) is 0 Å². The van der Waals surface area contributed by atoms with Gasteiger partial charge in [0.2, 0.25) is 0 Å². The number of nitrogens with zero attached hydrogens (tertiary/aromatic N) is 3. The van der Waals surface area contributed by atoms with Crippen LogP contribution in [-0.4, -0.2) is 25.8 Å². The number of hydrogen-bond acceptors (Lipinski definition) is 5. The second-order valence-corrected chi connectivity index (χ2v) is 9.19. The fourth-order valence-electron chi connectivity index (χ4n) is 4.54. The van der Waals surface area contributed by atoms with Gasteiger partial charge in [-0.15, -0.1) is 0 Å². The van der Waals surface area contributed by atoms with Gasteiger partial charge in [0.25, 0.3) is 0 Å². The normalized spacial score (nSPS) is 15.1. The third-order valence-corrected chi connectivity index (χ3v) is 6.56. The Labute approximate surface area is 199 Å². The van der Waals surface area contributed by atoms with Crippen molar-refractivity contribution in [3.63, 3.8) is 0 Å². The van der Waals surface area contributed by atoms with Crippen LogP contribution in [0.4, 0.5) is 0 Å². The molecule has 5 rings (SSSR count). The summed E-state index contributed by atoms with van der Waals surface area (Å²) in [5.41, 5.74) is 6.73. The zero-order chi connectivity index (χ0) is 23.8. The molecular formula is C29H28N4O. The van der Waals surface area contributed by atoms with Crippen molar-refractivity contribution in [3.05, 3.63) is 95.4 Å². The molecule has 5 nitrogen and oxygen atoms in total. The lowest BCUT2D eigenvalue weighted by molar-refractivity contribution is 0.418.